The molecule has 3 heterocycles. The molecular formula is C28H24N2O2. The molecule has 2 aliphatic rings. The normalized spacial score (nSPS) is 17.4. The average Bonchev–Trinajstić information content (AvgIpc) is 3.46. The van der Waals surface area contributed by atoms with E-state index >= 15 is 0 Å². The minimum Gasteiger partial charge on any atom is -0.493 e. The van der Waals surface area contributed by atoms with Crippen molar-refractivity contribution in [2.75, 3.05) is 13.2 Å². The zero-order valence-electron chi connectivity index (χ0n) is 17.8. The highest BCUT2D eigenvalue weighted by atomic mass is 16.5. The third-order valence-electron chi connectivity index (χ3n) is 6.56. The fraction of sp³-hybridized carbons (Fsp3) is 0.179. The summed E-state index contributed by atoms with van der Waals surface area (Å²) < 4.78 is 5.72. The van der Waals surface area contributed by atoms with Crippen molar-refractivity contribution in [2.45, 2.75) is 18.9 Å². The van der Waals surface area contributed by atoms with E-state index in [1.54, 1.807) is 6.08 Å². The lowest BCUT2D eigenvalue weighted by atomic mass is 9.91. The number of hydrogen-bond donors (Lipinski definition) is 1. The van der Waals surface area contributed by atoms with E-state index in [-0.39, 0.29) is 11.9 Å². The smallest absolute Gasteiger partial charge is 0.247 e. The largest absolute Gasteiger partial charge is 0.493 e. The number of ether oxygens (including phenoxy) is 1. The van der Waals surface area contributed by atoms with Crippen molar-refractivity contribution < 1.29 is 9.53 Å². The Kier molecular flexibility index (Phi) is 4.57. The summed E-state index contributed by atoms with van der Waals surface area (Å²) >= 11 is 0. The molecular weight excluding hydrogens is 396 g/mol. The van der Waals surface area contributed by atoms with Gasteiger partial charge in [-0.3, -0.25) is 4.79 Å². The fourth-order valence-electron chi connectivity index (χ4n) is 5.03. The van der Waals surface area contributed by atoms with Crippen molar-refractivity contribution in [2.24, 2.45) is 0 Å². The molecule has 1 N–H and O–H groups in total. The molecule has 158 valence electrons. The highest BCUT2D eigenvalue weighted by Crippen LogP contribution is 2.40. The number of rotatable bonds is 3. The number of nitrogens with zero attached hydrogens (tertiary/aromatic N) is 1. The van der Waals surface area contributed by atoms with E-state index in [0.717, 1.165) is 47.5 Å². The zero-order valence-corrected chi connectivity index (χ0v) is 17.8. The number of amides is 1. The molecule has 1 atom stereocenters. The number of carbonyl (C=O) groups excluding carboxylic acids is 1. The van der Waals surface area contributed by atoms with Gasteiger partial charge in [-0.1, -0.05) is 54.6 Å². The molecule has 0 saturated carbocycles. The molecule has 0 saturated heterocycles. The van der Waals surface area contributed by atoms with Gasteiger partial charge in [0.15, 0.2) is 0 Å². The van der Waals surface area contributed by atoms with Gasteiger partial charge in [0.2, 0.25) is 5.91 Å². The van der Waals surface area contributed by atoms with Crippen molar-refractivity contribution in [3.8, 4) is 5.75 Å². The molecule has 0 bridgehead atoms. The first-order chi connectivity index (χ1) is 15.8. The predicted octanol–water partition coefficient (Wildman–Crippen LogP) is 5.29. The zero-order chi connectivity index (χ0) is 21.5. The molecule has 4 heteroatoms. The minimum atomic E-state index is -0.148. The summed E-state index contributed by atoms with van der Waals surface area (Å²) in [6.07, 6.45) is 5.36. The number of fused-ring (bicyclic) bond motifs is 4. The summed E-state index contributed by atoms with van der Waals surface area (Å²) in [4.78, 5) is 19.1. The van der Waals surface area contributed by atoms with Crippen LogP contribution in [0, 0.1) is 0 Å². The van der Waals surface area contributed by atoms with Crippen molar-refractivity contribution in [3.63, 3.8) is 0 Å². The van der Waals surface area contributed by atoms with Gasteiger partial charge in [0, 0.05) is 35.6 Å². The Hall–Kier alpha value is -3.79. The number of nitrogens with one attached hydrogen (secondary N) is 1. The van der Waals surface area contributed by atoms with Gasteiger partial charge in [0.25, 0.3) is 0 Å². The number of benzene rings is 3. The van der Waals surface area contributed by atoms with Gasteiger partial charge in [-0.15, -0.1) is 0 Å². The molecule has 0 radical (unpaired) electrons. The van der Waals surface area contributed by atoms with E-state index in [4.69, 9.17) is 4.74 Å². The Morgan fingerprint density at radius 3 is 2.75 bits per heavy atom. The van der Waals surface area contributed by atoms with E-state index in [1.807, 2.05) is 41.3 Å². The van der Waals surface area contributed by atoms with E-state index in [1.165, 1.54) is 16.5 Å². The topological polar surface area (TPSA) is 45.3 Å². The van der Waals surface area contributed by atoms with E-state index in [9.17, 15) is 4.79 Å². The van der Waals surface area contributed by atoms with Crippen LogP contribution in [0.3, 0.4) is 0 Å². The monoisotopic (exact) mass is 420 g/mol. The Balaban J connectivity index is 1.44. The van der Waals surface area contributed by atoms with Crippen LogP contribution < -0.4 is 4.74 Å². The molecule has 0 aliphatic carbocycles. The lowest BCUT2D eigenvalue weighted by Gasteiger charge is -2.36. The Morgan fingerprint density at radius 2 is 1.84 bits per heavy atom. The van der Waals surface area contributed by atoms with Crippen LogP contribution in [0.5, 0.6) is 5.75 Å². The molecule has 1 aromatic heterocycles. The van der Waals surface area contributed by atoms with Crippen LogP contribution in [0.15, 0.2) is 78.9 Å². The van der Waals surface area contributed by atoms with Crippen LogP contribution in [0.2, 0.25) is 0 Å². The van der Waals surface area contributed by atoms with Gasteiger partial charge >= 0.3 is 0 Å². The number of H-pyrrole nitrogens is 1. The molecule has 0 fully saturated rings. The van der Waals surface area contributed by atoms with Gasteiger partial charge in [-0.05, 0) is 52.9 Å². The van der Waals surface area contributed by atoms with Crippen LogP contribution in [0.25, 0.3) is 17.0 Å². The Morgan fingerprint density at radius 1 is 1.00 bits per heavy atom. The van der Waals surface area contributed by atoms with Crippen LogP contribution in [-0.4, -0.2) is 28.9 Å². The van der Waals surface area contributed by atoms with Crippen molar-refractivity contribution in [1.82, 2.24) is 9.88 Å². The second-order valence-corrected chi connectivity index (χ2v) is 8.46. The number of carbonyl (C=O) groups is 1. The summed E-state index contributed by atoms with van der Waals surface area (Å²) in [6.45, 7) is 1.41. The molecule has 1 unspecified atom stereocenters. The summed E-state index contributed by atoms with van der Waals surface area (Å²) in [6, 6.07) is 24.6. The fourth-order valence-corrected chi connectivity index (χ4v) is 5.03. The standard InChI is InChI=1S/C28H24N2O2/c31-26(13-10-19-6-2-1-3-7-19)30-16-14-23-22-8-4-5-9-24(22)29-27(23)28(30)21-11-12-25-20(18-21)15-17-32-25/h1-13,18,28-29H,14-17H2. The molecule has 4 nitrogen and oxygen atoms in total. The summed E-state index contributed by atoms with van der Waals surface area (Å²) in [5, 5.41) is 1.25. The summed E-state index contributed by atoms with van der Waals surface area (Å²) in [5.74, 6) is 0.989. The van der Waals surface area contributed by atoms with Gasteiger partial charge in [-0.2, -0.15) is 0 Å². The Bertz CT molecular complexity index is 1340. The third-order valence-corrected chi connectivity index (χ3v) is 6.56. The second kappa shape index (κ2) is 7.72. The average molecular weight is 421 g/mol. The van der Waals surface area contributed by atoms with Gasteiger partial charge < -0.3 is 14.6 Å². The SMILES string of the molecule is O=C(C=Cc1ccccc1)N1CCc2c([nH]c3ccccc23)C1c1ccc2c(c1)CCO2. The van der Waals surface area contributed by atoms with Gasteiger partial charge in [0.1, 0.15) is 5.75 Å². The van der Waals surface area contributed by atoms with E-state index < -0.39 is 0 Å². The van der Waals surface area contributed by atoms with Gasteiger partial charge in [-0.25, -0.2) is 0 Å². The maximum atomic E-state index is 13.4. The number of aromatic amines is 1. The predicted molar refractivity (Wildman–Crippen MR) is 127 cm³/mol. The van der Waals surface area contributed by atoms with Crippen molar-refractivity contribution >= 4 is 22.9 Å². The van der Waals surface area contributed by atoms with Gasteiger partial charge in [0.05, 0.1) is 12.6 Å². The first-order valence-electron chi connectivity index (χ1n) is 11.2. The molecule has 2 aliphatic heterocycles. The molecule has 3 aromatic carbocycles. The van der Waals surface area contributed by atoms with Crippen LogP contribution in [0.4, 0.5) is 0 Å². The number of aromatic nitrogens is 1. The molecule has 6 rings (SSSR count). The number of para-hydroxylation sites is 1. The Labute approximate surface area is 187 Å². The first-order valence-corrected chi connectivity index (χ1v) is 11.2. The molecule has 4 aromatic rings. The minimum absolute atomic E-state index is 0.0277. The third kappa shape index (κ3) is 3.19. The van der Waals surface area contributed by atoms with E-state index in [0.29, 0.717) is 6.54 Å². The summed E-state index contributed by atoms with van der Waals surface area (Å²) in [7, 11) is 0. The van der Waals surface area contributed by atoms with Crippen molar-refractivity contribution in [3.05, 3.63) is 107 Å². The maximum absolute atomic E-state index is 13.4. The number of hydrogen-bond acceptors (Lipinski definition) is 2. The van der Waals surface area contributed by atoms with Crippen LogP contribution >= 0.6 is 0 Å². The summed E-state index contributed by atoms with van der Waals surface area (Å²) in [5.41, 5.74) is 6.94. The quantitative estimate of drug-likeness (QED) is 0.458. The lowest BCUT2D eigenvalue weighted by Crippen LogP contribution is -2.39. The molecule has 1 amide bonds. The maximum Gasteiger partial charge on any atom is 0.247 e. The molecule has 0 spiro atoms. The highest BCUT2D eigenvalue weighted by Gasteiger charge is 2.34. The first kappa shape index (κ1) is 18.9. The second-order valence-electron chi connectivity index (χ2n) is 8.46. The van der Waals surface area contributed by atoms with Crippen LogP contribution in [-0.2, 0) is 17.6 Å². The van der Waals surface area contributed by atoms with Crippen molar-refractivity contribution in [1.29, 1.82) is 0 Å². The van der Waals surface area contributed by atoms with E-state index in [2.05, 4.69) is 47.4 Å². The van der Waals surface area contributed by atoms with Crippen LogP contribution in [0.1, 0.15) is 34.0 Å². The molecule has 32 heavy (non-hydrogen) atoms. The highest BCUT2D eigenvalue weighted by molar-refractivity contribution is 5.93. The lowest BCUT2D eigenvalue weighted by molar-refractivity contribution is -0.128.